The van der Waals surface area contributed by atoms with Gasteiger partial charge in [0.2, 0.25) is 0 Å². The first kappa shape index (κ1) is 20.3. The minimum atomic E-state index is -2.18. The average Bonchev–Trinajstić information content (AvgIpc) is 2.56. The van der Waals surface area contributed by atoms with Crippen LogP contribution >= 0.6 is 0 Å². The maximum Gasteiger partial charge on any atom is 0.151 e. The molecular formula is C12H22O11. The van der Waals surface area contributed by atoms with Crippen molar-refractivity contribution in [2.45, 2.75) is 61.0 Å². The molecule has 0 bridgehead atoms. The van der Waals surface area contributed by atoms with Crippen LogP contribution in [0.2, 0.25) is 0 Å². The van der Waals surface area contributed by atoms with Crippen LogP contribution in [0.1, 0.15) is 0 Å². The van der Waals surface area contributed by atoms with E-state index >= 15 is 0 Å². The molecule has 1 unspecified atom stereocenters. The zero-order valence-corrected chi connectivity index (χ0v) is 11.9. The predicted molar refractivity (Wildman–Crippen MR) is 69.9 cm³/mol. The fourth-order valence-corrected chi connectivity index (χ4v) is 2.29. The number of aldehydes is 1. The summed E-state index contributed by atoms with van der Waals surface area (Å²) in [4.78, 5) is 10.3. The molecule has 1 aliphatic rings. The van der Waals surface area contributed by atoms with Crippen molar-refractivity contribution in [3.63, 3.8) is 0 Å². The van der Waals surface area contributed by atoms with E-state index in [0.29, 0.717) is 0 Å². The van der Waals surface area contributed by atoms with Crippen LogP contribution in [0.5, 0.6) is 0 Å². The summed E-state index contributed by atoms with van der Waals surface area (Å²) < 4.78 is 4.99. The van der Waals surface area contributed by atoms with E-state index in [1.54, 1.807) is 0 Å². The van der Waals surface area contributed by atoms with Crippen molar-refractivity contribution in [3.05, 3.63) is 0 Å². The minimum absolute atomic E-state index is 0.0964. The number of hydrogen-bond acceptors (Lipinski definition) is 11. The molecule has 1 aliphatic heterocycles. The normalized spacial score (nSPS) is 38.4. The summed E-state index contributed by atoms with van der Waals surface area (Å²) in [5.74, 6) is 0. The van der Waals surface area contributed by atoms with Gasteiger partial charge in [0.25, 0.3) is 0 Å². The Morgan fingerprint density at radius 2 is 1.43 bits per heavy atom. The van der Waals surface area contributed by atoms with Crippen LogP contribution in [-0.2, 0) is 9.53 Å². The monoisotopic (exact) mass is 342 g/mol. The average molecular weight is 342 g/mol. The Morgan fingerprint density at radius 3 is 1.91 bits per heavy atom. The van der Waals surface area contributed by atoms with E-state index in [1.165, 1.54) is 0 Å². The second-order valence-electron chi connectivity index (χ2n) is 5.38. The molecule has 0 aromatic heterocycles. The van der Waals surface area contributed by atoms with Crippen molar-refractivity contribution in [2.75, 3.05) is 6.61 Å². The third kappa shape index (κ3) is 4.22. The van der Waals surface area contributed by atoms with Crippen molar-refractivity contribution >= 4 is 6.29 Å². The highest BCUT2D eigenvalue weighted by molar-refractivity contribution is 5.56. The lowest BCUT2D eigenvalue weighted by Gasteiger charge is -2.43. The lowest BCUT2D eigenvalue weighted by Crippen LogP contribution is -2.64. The maximum absolute atomic E-state index is 10.3. The molecular weight excluding hydrogens is 320 g/mol. The van der Waals surface area contributed by atoms with Crippen LogP contribution < -0.4 is 0 Å². The fourth-order valence-electron chi connectivity index (χ4n) is 2.29. The Labute approximate surface area is 130 Å². The van der Waals surface area contributed by atoms with Gasteiger partial charge in [-0.2, -0.15) is 0 Å². The second kappa shape index (κ2) is 8.39. The summed E-state index contributed by atoms with van der Waals surface area (Å²) in [6.07, 6.45) is -19.1. The Morgan fingerprint density at radius 1 is 0.870 bits per heavy atom. The van der Waals surface area contributed by atoms with Gasteiger partial charge in [-0.25, -0.2) is 0 Å². The highest BCUT2D eigenvalue weighted by Crippen LogP contribution is 2.25. The molecule has 0 aromatic carbocycles. The highest BCUT2D eigenvalue weighted by Gasteiger charge is 2.49. The van der Waals surface area contributed by atoms with Gasteiger partial charge in [-0.15, -0.1) is 0 Å². The number of aliphatic hydroxyl groups excluding tert-OH is 9. The number of carbonyl (C=O) groups excluding carboxylic acids is 1. The Balaban J connectivity index is 2.85. The van der Waals surface area contributed by atoms with Gasteiger partial charge in [-0.1, -0.05) is 0 Å². The van der Waals surface area contributed by atoms with Crippen LogP contribution in [-0.4, -0.2) is 120 Å². The van der Waals surface area contributed by atoms with E-state index in [1.807, 2.05) is 0 Å². The summed E-state index contributed by atoms with van der Waals surface area (Å²) in [7, 11) is 0. The number of ether oxygens (including phenoxy) is 1. The third-order valence-corrected chi connectivity index (χ3v) is 3.80. The molecule has 136 valence electrons. The van der Waals surface area contributed by atoms with Gasteiger partial charge >= 0.3 is 0 Å². The van der Waals surface area contributed by atoms with Crippen LogP contribution in [0, 0.1) is 0 Å². The molecule has 1 rings (SSSR count). The van der Waals surface area contributed by atoms with Gasteiger partial charge in [-0.05, 0) is 0 Å². The van der Waals surface area contributed by atoms with Gasteiger partial charge in [-0.3, -0.25) is 0 Å². The largest absolute Gasteiger partial charge is 0.394 e. The fraction of sp³-hybridized carbons (Fsp3) is 0.917. The van der Waals surface area contributed by atoms with Crippen LogP contribution in [0.15, 0.2) is 0 Å². The molecule has 1 fully saturated rings. The molecule has 23 heavy (non-hydrogen) atoms. The first-order valence-electron chi connectivity index (χ1n) is 6.83. The molecule has 0 aliphatic carbocycles. The molecule has 1 saturated heterocycles. The summed E-state index contributed by atoms with van der Waals surface area (Å²) in [6.45, 7) is -0.765. The second-order valence-corrected chi connectivity index (χ2v) is 5.38. The third-order valence-electron chi connectivity index (χ3n) is 3.80. The van der Waals surface area contributed by atoms with Crippen molar-refractivity contribution in [2.24, 2.45) is 0 Å². The summed E-state index contributed by atoms with van der Waals surface area (Å²) in [5.41, 5.74) is 0. The summed E-state index contributed by atoms with van der Waals surface area (Å²) >= 11 is 0. The van der Waals surface area contributed by atoms with Crippen molar-refractivity contribution in [1.82, 2.24) is 0 Å². The van der Waals surface area contributed by atoms with Gasteiger partial charge < -0.3 is 55.5 Å². The van der Waals surface area contributed by atoms with Gasteiger partial charge in [0.05, 0.1) is 6.61 Å². The summed E-state index contributed by atoms with van der Waals surface area (Å²) in [5, 5.41) is 85.9. The molecule has 1 heterocycles. The molecule has 0 aromatic rings. The van der Waals surface area contributed by atoms with Crippen molar-refractivity contribution in [1.29, 1.82) is 0 Å². The zero-order chi connectivity index (χ0) is 17.9. The molecule has 10 atom stereocenters. The SMILES string of the molecule is O=C[C@H](O)[C@@H](O)[C@H](O)[C@H](O)C(O)[C@H]1O[C@H](CO)[C@H](O)[C@H](O)[C@H]1O. The predicted octanol–water partition coefficient (Wildman–Crippen LogP) is -6.17. The molecule has 0 saturated carbocycles. The minimum Gasteiger partial charge on any atom is -0.394 e. The Kier molecular flexibility index (Phi) is 7.41. The smallest absolute Gasteiger partial charge is 0.151 e. The number of hydrogen-bond donors (Lipinski definition) is 9. The number of carbonyl (C=O) groups is 1. The van der Waals surface area contributed by atoms with Crippen molar-refractivity contribution in [3.8, 4) is 0 Å². The Hall–Kier alpha value is -0.730. The molecule has 0 amide bonds. The quantitative estimate of drug-likeness (QED) is 0.199. The molecule has 11 heteroatoms. The zero-order valence-electron chi connectivity index (χ0n) is 11.9. The van der Waals surface area contributed by atoms with E-state index in [2.05, 4.69) is 0 Å². The number of rotatable bonds is 7. The lowest BCUT2D eigenvalue weighted by atomic mass is 9.88. The van der Waals surface area contributed by atoms with Gasteiger partial charge in [0, 0.05) is 0 Å². The van der Waals surface area contributed by atoms with E-state index in [-0.39, 0.29) is 6.29 Å². The molecule has 0 spiro atoms. The molecule has 0 radical (unpaired) electrons. The van der Waals surface area contributed by atoms with Crippen LogP contribution in [0.3, 0.4) is 0 Å². The van der Waals surface area contributed by atoms with Crippen LogP contribution in [0.25, 0.3) is 0 Å². The van der Waals surface area contributed by atoms with Crippen LogP contribution in [0.4, 0.5) is 0 Å². The first-order valence-corrected chi connectivity index (χ1v) is 6.83. The number of aliphatic hydroxyl groups is 9. The standard InChI is InChI=1S/C12H22O11/c13-1-3(15)5(16)7(18)9(20)11(22)12-10(21)8(19)6(17)4(2-14)23-12/h1,3-12,14-22H,2H2/t3-,4+,5+,6-,7-,8-,9-,10+,11?,12-/m0/s1. The van der Waals surface area contributed by atoms with Gasteiger partial charge in [0.1, 0.15) is 61.0 Å². The van der Waals surface area contributed by atoms with E-state index in [9.17, 15) is 40.5 Å². The highest BCUT2D eigenvalue weighted by atomic mass is 16.6. The van der Waals surface area contributed by atoms with E-state index in [4.69, 9.17) is 14.9 Å². The maximum atomic E-state index is 10.3. The molecule has 11 nitrogen and oxygen atoms in total. The topological polar surface area (TPSA) is 208 Å². The van der Waals surface area contributed by atoms with E-state index in [0.717, 1.165) is 0 Å². The van der Waals surface area contributed by atoms with E-state index < -0.39 is 67.6 Å². The van der Waals surface area contributed by atoms with Gasteiger partial charge in [0.15, 0.2) is 6.29 Å². The Bertz CT molecular complexity index is 378. The first-order chi connectivity index (χ1) is 10.7. The lowest BCUT2D eigenvalue weighted by molar-refractivity contribution is -0.264. The summed E-state index contributed by atoms with van der Waals surface area (Å²) in [6, 6.07) is 0. The van der Waals surface area contributed by atoms with Crippen molar-refractivity contribution < 1.29 is 55.5 Å². The molecule has 9 N–H and O–H groups in total.